The van der Waals surface area contributed by atoms with Gasteiger partial charge in [-0.1, -0.05) is 142 Å². The number of aliphatic hydroxyl groups is 1. The Labute approximate surface area is 306 Å². The van der Waals surface area contributed by atoms with Crippen LogP contribution >= 0.6 is 0 Å². The number of rotatable bonds is 33. The minimum atomic E-state index is -0.822. The summed E-state index contributed by atoms with van der Waals surface area (Å²) in [6, 6.07) is 0. The fraction of sp³-hybridized carbons (Fsp3) is 0.556. The molecule has 0 unspecified atom stereocenters. The molecule has 0 aliphatic carbocycles. The zero-order valence-electron chi connectivity index (χ0n) is 31.6. The Morgan fingerprint density at radius 1 is 0.480 bits per heavy atom. The molecule has 0 heterocycles. The van der Waals surface area contributed by atoms with E-state index in [1.54, 1.807) is 0 Å². The van der Waals surface area contributed by atoms with Crippen LogP contribution in [0.2, 0.25) is 0 Å². The van der Waals surface area contributed by atoms with Crippen LogP contribution in [-0.2, 0) is 19.1 Å². The van der Waals surface area contributed by atoms with E-state index in [0.717, 1.165) is 83.5 Å². The van der Waals surface area contributed by atoms with Crippen molar-refractivity contribution in [3.8, 4) is 0 Å². The van der Waals surface area contributed by atoms with Crippen LogP contribution in [0.25, 0.3) is 0 Å². The Bertz CT molecular complexity index is 1050. The molecule has 0 rings (SSSR count). The lowest BCUT2D eigenvalue weighted by atomic mass is 10.1. The highest BCUT2D eigenvalue weighted by atomic mass is 16.6. The molecule has 0 aromatic carbocycles. The highest BCUT2D eigenvalue weighted by Gasteiger charge is 2.15. The van der Waals surface area contributed by atoms with Crippen molar-refractivity contribution in [2.45, 2.75) is 148 Å². The van der Waals surface area contributed by atoms with Gasteiger partial charge in [0.15, 0.2) is 6.10 Å². The average molecular weight is 691 g/mol. The van der Waals surface area contributed by atoms with Gasteiger partial charge in [-0.05, 0) is 96.3 Å². The first kappa shape index (κ1) is 46.6. The lowest BCUT2D eigenvalue weighted by molar-refractivity contribution is -0.161. The van der Waals surface area contributed by atoms with Crippen molar-refractivity contribution in [1.82, 2.24) is 0 Å². The van der Waals surface area contributed by atoms with Crippen LogP contribution in [0.15, 0.2) is 109 Å². The maximum Gasteiger partial charge on any atom is 0.306 e. The van der Waals surface area contributed by atoms with Gasteiger partial charge in [0.25, 0.3) is 0 Å². The second-order valence-electron chi connectivity index (χ2n) is 12.3. The van der Waals surface area contributed by atoms with Crippen molar-refractivity contribution in [3.63, 3.8) is 0 Å². The summed E-state index contributed by atoms with van der Waals surface area (Å²) in [5, 5.41) is 9.54. The molecule has 0 aliphatic heterocycles. The van der Waals surface area contributed by atoms with Crippen LogP contribution in [0.3, 0.4) is 0 Å². The first-order chi connectivity index (χ1) is 24.6. The first-order valence-electron chi connectivity index (χ1n) is 19.4. The minimum Gasteiger partial charge on any atom is -0.462 e. The van der Waals surface area contributed by atoms with E-state index in [0.29, 0.717) is 12.8 Å². The normalized spacial score (nSPS) is 13.4. The first-order valence-corrected chi connectivity index (χ1v) is 19.4. The maximum atomic E-state index is 12.1. The Hall–Kier alpha value is -3.44. The average Bonchev–Trinajstić information content (AvgIpc) is 3.12. The molecule has 50 heavy (non-hydrogen) atoms. The number of esters is 2. The van der Waals surface area contributed by atoms with Crippen LogP contribution in [0.5, 0.6) is 0 Å². The predicted octanol–water partition coefficient (Wildman–Crippen LogP) is 12.3. The monoisotopic (exact) mass is 691 g/mol. The van der Waals surface area contributed by atoms with Crippen molar-refractivity contribution in [2.24, 2.45) is 0 Å². The smallest absolute Gasteiger partial charge is 0.306 e. The molecule has 0 bridgehead atoms. The van der Waals surface area contributed by atoms with Crippen molar-refractivity contribution in [2.75, 3.05) is 13.2 Å². The second kappa shape index (κ2) is 40.0. The summed E-state index contributed by atoms with van der Waals surface area (Å²) in [6.45, 7) is 3.89. The molecule has 1 N–H and O–H groups in total. The Morgan fingerprint density at radius 3 is 1.32 bits per heavy atom. The highest BCUT2D eigenvalue weighted by Crippen LogP contribution is 2.08. The van der Waals surface area contributed by atoms with Crippen LogP contribution in [-0.4, -0.2) is 36.4 Å². The van der Waals surface area contributed by atoms with E-state index in [1.807, 2.05) is 0 Å². The van der Waals surface area contributed by atoms with Gasteiger partial charge in [0.2, 0.25) is 0 Å². The number of ether oxygens (including phenoxy) is 2. The van der Waals surface area contributed by atoms with Gasteiger partial charge < -0.3 is 14.6 Å². The van der Waals surface area contributed by atoms with E-state index in [-0.39, 0.29) is 31.6 Å². The van der Waals surface area contributed by atoms with E-state index >= 15 is 0 Å². The highest BCUT2D eigenvalue weighted by molar-refractivity contribution is 5.70. The number of carbonyl (C=O) groups excluding carboxylic acids is 2. The topological polar surface area (TPSA) is 72.8 Å². The van der Waals surface area contributed by atoms with E-state index in [1.165, 1.54) is 25.7 Å². The zero-order valence-corrected chi connectivity index (χ0v) is 31.6. The Kier molecular flexibility index (Phi) is 37.2. The quantitative estimate of drug-likeness (QED) is 0.0421. The van der Waals surface area contributed by atoms with Crippen molar-refractivity contribution >= 4 is 11.9 Å². The number of aliphatic hydroxyl groups excluding tert-OH is 1. The summed E-state index contributed by atoms with van der Waals surface area (Å²) in [6.07, 6.45) is 57.2. The fourth-order valence-electron chi connectivity index (χ4n) is 4.63. The summed E-state index contributed by atoms with van der Waals surface area (Å²) in [7, 11) is 0. The third kappa shape index (κ3) is 37.4. The largest absolute Gasteiger partial charge is 0.462 e. The van der Waals surface area contributed by atoms with Crippen LogP contribution in [0, 0.1) is 0 Å². The van der Waals surface area contributed by atoms with Gasteiger partial charge in [-0.2, -0.15) is 0 Å². The maximum absolute atomic E-state index is 12.1. The standard InChI is InChI=1S/C45H70O5/c1-3-5-7-9-11-13-15-17-19-21-22-24-25-27-29-31-33-35-37-39-44(47)49-42-43(41-46)50-45(48)40-38-36-34-32-30-28-26-23-20-18-16-14-12-10-8-6-4-2/h6,8,11-14,17-20,22,24,26-29,32,34,43,46H,3-5,7,9-10,15-16,21,23,25,30-31,33,35-42H2,1-2H3/b8-6-,13-11-,14-12-,19-17-,20-18-,24-22-,28-26-,29-27-,34-32-/t43-/m0/s1. The predicted molar refractivity (Wildman–Crippen MR) is 214 cm³/mol. The number of hydrogen-bond acceptors (Lipinski definition) is 5. The summed E-state index contributed by atoms with van der Waals surface area (Å²) >= 11 is 0. The molecule has 0 spiro atoms. The third-order valence-electron chi connectivity index (χ3n) is 7.55. The number of unbranched alkanes of at least 4 members (excludes halogenated alkanes) is 7. The van der Waals surface area contributed by atoms with Gasteiger partial charge in [-0.25, -0.2) is 0 Å². The minimum absolute atomic E-state index is 0.113. The molecular formula is C45H70O5. The number of hydrogen-bond donors (Lipinski definition) is 1. The van der Waals surface area contributed by atoms with Crippen LogP contribution in [0.4, 0.5) is 0 Å². The summed E-state index contributed by atoms with van der Waals surface area (Å²) in [5.74, 6) is -0.708. The molecule has 0 aromatic heterocycles. The van der Waals surface area contributed by atoms with Crippen molar-refractivity contribution in [3.05, 3.63) is 109 Å². The lowest BCUT2D eigenvalue weighted by Crippen LogP contribution is -2.28. The molecule has 5 heteroatoms. The molecule has 0 radical (unpaired) electrons. The molecule has 280 valence electrons. The molecule has 1 atom stereocenters. The van der Waals surface area contributed by atoms with Gasteiger partial charge in [0.05, 0.1) is 6.61 Å². The van der Waals surface area contributed by atoms with Crippen LogP contribution in [0.1, 0.15) is 142 Å². The number of allylic oxidation sites excluding steroid dienone is 18. The molecule has 0 saturated carbocycles. The third-order valence-corrected chi connectivity index (χ3v) is 7.55. The Balaban J connectivity index is 3.77. The van der Waals surface area contributed by atoms with Gasteiger partial charge in [-0.15, -0.1) is 0 Å². The van der Waals surface area contributed by atoms with E-state index in [4.69, 9.17) is 9.47 Å². The molecular weight excluding hydrogens is 620 g/mol. The molecule has 0 amide bonds. The van der Waals surface area contributed by atoms with Crippen LogP contribution < -0.4 is 0 Å². The van der Waals surface area contributed by atoms with Crippen molar-refractivity contribution in [1.29, 1.82) is 0 Å². The van der Waals surface area contributed by atoms with Gasteiger partial charge in [0, 0.05) is 12.8 Å². The molecule has 0 fully saturated rings. The molecule has 0 saturated heterocycles. The summed E-state index contributed by atoms with van der Waals surface area (Å²) in [4.78, 5) is 24.2. The molecule has 5 nitrogen and oxygen atoms in total. The molecule has 0 aromatic rings. The lowest BCUT2D eigenvalue weighted by Gasteiger charge is -2.15. The van der Waals surface area contributed by atoms with E-state index in [9.17, 15) is 14.7 Å². The van der Waals surface area contributed by atoms with E-state index < -0.39 is 6.10 Å². The number of carbonyl (C=O) groups is 2. The van der Waals surface area contributed by atoms with E-state index in [2.05, 4.69) is 123 Å². The summed E-state index contributed by atoms with van der Waals surface area (Å²) in [5.41, 5.74) is 0. The second-order valence-corrected chi connectivity index (χ2v) is 12.3. The van der Waals surface area contributed by atoms with Gasteiger partial charge in [0.1, 0.15) is 6.61 Å². The Morgan fingerprint density at radius 2 is 0.880 bits per heavy atom. The fourth-order valence-corrected chi connectivity index (χ4v) is 4.63. The van der Waals surface area contributed by atoms with Gasteiger partial charge >= 0.3 is 11.9 Å². The van der Waals surface area contributed by atoms with Crippen molar-refractivity contribution < 1.29 is 24.2 Å². The van der Waals surface area contributed by atoms with Gasteiger partial charge in [-0.3, -0.25) is 9.59 Å². The SMILES string of the molecule is CC/C=C\C/C=C\C/C=C\C/C=C\C/C=C\CCCC(=O)O[C@@H](CO)COC(=O)CCCCC/C=C\C/C=C\C/C=C\C/C=C\CCCCC. The molecule has 0 aliphatic rings. The zero-order chi connectivity index (χ0) is 36.4. The summed E-state index contributed by atoms with van der Waals surface area (Å²) < 4.78 is 10.5.